The van der Waals surface area contributed by atoms with E-state index in [1.165, 1.54) is 12.1 Å². The zero-order chi connectivity index (χ0) is 7.40. The molecule has 0 saturated heterocycles. The van der Waals surface area contributed by atoms with Gasteiger partial charge in [0.2, 0.25) is 0 Å². The minimum atomic E-state index is -2.08. The first-order valence-corrected chi connectivity index (χ1v) is 3.70. The molecule has 0 spiro atoms. The Bertz CT molecular complexity index is 235. The Morgan fingerprint density at radius 2 is 1.80 bits per heavy atom. The van der Waals surface area contributed by atoms with E-state index in [0.29, 0.717) is 0 Å². The second-order valence-electron chi connectivity index (χ2n) is 1.62. The van der Waals surface area contributed by atoms with Crippen LogP contribution in [0.4, 0.5) is 8.37 Å². The van der Waals surface area contributed by atoms with E-state index in [1.807, 2.05) is 4.58 Å². The molecule has 0 heterocycles. The third kappa shape index (κ3) is 1.60. The number of hydrogen-bond acceptors (Lipinski definition) is 1. The van der Waals surface area contributed by atoms with Crippen molar-refractivity contribution in [1.82, 2.24) is 0 Å². The van der Waals surface area contributed by atoms with Gasteiger partial charge in [-0.05, 0) is 16.7 Å². The fraction of sp³-hybridized carbons (Fsp3) is 0. The Morgan fingerprint density at radius 3 is 2.30 bits per heavy atom. The molecule has 4 heteroatoms. The maximum Gasteiger partial charge on any atom is 0.146 e. The van der Waals surface area contributed by atoms with Gasteiger partial charge in [-0.2, -0.15) is 0 Å². The highest BCUT2D eigenvalue weighted by molar-refractivity contribution is 7.82. The monoisotopic (exact) mass is 161 g/mol. The minimum Gasteiger partial charge on any atom is -0.146 e. The Balaban J connectivity index is 2.96. The van der Waals surface area contributed by atoms with Gasteiger partial charge in [0.15, 0.2) is 0 Å². The molecule has 0 aliphatic heterocycles. The molecular weight excluding hydrogens is 156 g/mol. The van der Waals surface area contributed by atoms with Gasteiger partial charge < -0.3 is 0 Å². The van der Waals surface area contributed by atoms with Gasteiger partial charge in [-0.1, -0.05) is 22.7 Å². The summed E-state index contributed by atoms with van der Waals surface area (Å²) in [5.74, 6) is 0. The normalized spacial score (nSPS) is 13.4. The van der Waals surface area contributed by atoms with Crippen LogP contribution >= 0.6 is 0 Å². The van der Waals surface area contributed by atoms with Gasteiger partial charge in [0.25, 0.3) is 0 Å². The lowest BCUT2D eigenvalue weighted by Gasteiger charge is -1.90. The first kappa shape index (κ1) is 7.34. The third-order valence-electron chi connectivity index (χ3n) is 0.998. The molecule has 0 fully saturated rings. The molecule has 54 valence electrons. The van der Waals surface area contributed by atoms with Crippen LogP contribution in [0.2, 0.25) is 0 Å². The van der Waals surface area contributed by atoms with Crippen LogP contribution in [0.25, 0.3) is 0 Å². The highest BCUT2D eigenvalue weighted by Gasteiger charge is 1.96. The first-order valence-electron chi connectivity index (χ1n) is 2.62. The molecule has 0 saturated carbocycles. The molecule has 0 N–H and O–H groups in total. The predicted molar refractivity (Wildman–Crippen MR) is 36.7 cm³/mol. The van der Waals surface area contributed by atoms with E-state index >= 15 is 0 Å². The molecule has 1 unspecified atom stereocenters. The summed E-state index contributed by atoms with van der Waals surface area (Å²) in [5, 5.41) is 0. The molecule has 0 bridgehead atoms. The number of rotatable bonds is 1. The van der Waals surface area contributed by atoms with E-state index in [2.05, 4.69) is 0 Å². The van der Waals surface area contributed by atoms with Crippen LogP contribution in [-0.2, 0) is 11.1 Å². The van der Waals surface area contributed by atoms with Crippen molar-refractivity contribution in [2.24, 2.45) is 4.58 Å². The highest BCUT2D eigenvalue weighted by atomic mass is 32.2. The van der Waals surface area contributed by atoms with Crippen molar-refractivity contribution < 1.29 is 8.37 Å². The van der Waals surface area contributed by atoms with E-state index in [1.54, 1.807) is 18.2 Å². The average molecular weight is 161 g/mol. The van der Waals surface area contributed by atoms with Gasteiger partial charge in [0.05, 0.1) is 4.90 Å². The van der Waals surface area contributed by atoms with E-state index in [0.717, 1.165) is 0 Å². The zero-order valence-electron chi connectivity index (χ0n) is 5.00. The molecular formula is C6H5F2NS. The summed E-state index contributed by atoms with van der Waals surface area (Å²) in [6.45, 7) is 0. The first-order chi connectivity index (χ1) is 4.84. The van der Waals surface area contributed by atoms with E-state index in [-0.39, 0.29) is 4.90 Å². The molecule has 0 aliphatic carbocycles. The topological polar surface area (TPSA) is 12.4 Å². The second-order valence-corrected chi connectivity index (χ2v) is 2.70. The van der Waals surface area contributed by atoms with Gasteiger partial charge in [0, 0.05) is 0 Å². The predicted octanol–water partition coefficient (Wildman–Crippen LogP) is 2.62. The Morgan fingerprint density at radius 1 is 1.20 bits per heavy atom. The van der Waals surface area contributed by atoms with E-state index in [4.69, 9.17) is 0 Å². The Kier molecular flexibility index (Phi) is 2.50. The summed E-state index contributed by atoms with van der Waals surface area (Å²) in [7, 11) is 0. The van der Waals surface area contributed by atoms with Crippen LogP contribution in [0, 0.1) is 0 Å². The van der Waals surface area contributed by atoms with Crippen LogP contribution in [0.3, 0.4) is 0 Å². The standard InChI is InChI=1S/C6H5F2NS/c7-9-10(8)6-4-2-1-3-5-6/h1-5H. The lowest BCUT2D eigenvalue weighted by atomic mass is 10.4. The zero-order valence-corrected chi connectivity index (χ0v) is 5.81. The van der Waals surface area contributed by atoms with Crippen LogP contribution in [0.5, 0.6) is 0 Å². The van der Waals surface area contributed by atoms with Crippen LogP contribution < -0.4 is 0 Å². The van der Waals surface area contributed by atoms with Crippen LogP contribution in [-0.4, -0.2) is 0 Å². The Hall–Kier alpha value is -0.770. The summed E-state index contributed by atoms with van der Waals surface area (Å²) in [6, 6.07) is 8.00. The molecule has 0 amide bonds. The fourth-order valence-corrected chi connectivity index (χ4v) is 1.03. The van der Waals surface area contributed by atoms with Crippen molar-refractivity contribution in [3.8, 4) is 0 Å². The maximum atomic E-state index is 12.4. The molecule has 1 aromatic rings. The van der Waals surface area contributed by atoms with Crippen LogP contribution in [0.1, 0.15) is 0 Å². The number of benzene rings is 1. The summed E-state index contributed by atoms with van der Waals surface area (Å²) in [5.41, 5.74) is 0. The number of hydrogen-bond donors (Lipinski definition) is 0. The molecule has 1 aromatic carbocycles. The number of halogens is 2. The van der Waals surface area contributed by atoms with Gasteiger partial charge >= 0.3 is 0 Å². The van der Waals surface area contributed by atoms with E-state index in [9.17, 15) is 8.37 Å². The summed E-state index contributed by atoms with van der Waals surface area (Å²) in [4.78, 5) is 0.269. The van der Waals surface area contributed by atoms with Gasteiger partial charge in [-0.3, -0.25) is 0 Å². The van der Waals surface area contributed by atoms with E-state index < -0.39 is 11.1 Å². The van der Waals surface area contributed by atoms with Crippen LogP contribution in [0.15, 0.2) is 39.8 Å². The number of nitrogens with zero attached hydrogens (tertiary/aromatic N) is 1. The Labute approximate surface area is 60.0 Å². The lowest BCUT2D eigenvalue weighted by Crippen LogP contribution is -1.78. The van der Waals surface area contributed by atoms with Gasteiger partial charge in [0.1, 0.15) is 11.1 Å². The lowest BCUT2D eigenvalue weighted by molar-refractivity contribution is 0.544. The van der Waals surface area contributed by atoms with Crippen molar-refractivity contribution in [1.29, 1.82) is 0 Å². The SMILES string of the molecule is FN=S(F)c1ccccc1. The van der Waals surface area contributed by atoms with Crippen molar-refractivity contribution in [2.75, 3.05) is 0 Å². The molecule has 1 nitrogen and oxygen atoms in total. The molecule has 0 aromatic heterocycles. The fourth-order valence-electron chi connectivity index (χ4n) is 0.573. The average Bonchev–Trinajstić information content (AvgIpc) is 2.05. The smallest absolute Gasteiger partial charge is 0.146 e. The minimum absolute atomic E-state index is 0.269. The summed E-state index contributed by atoms with van der Waals surface area (Å²) in [6.07, 6.45) is 0. The van der Waals surface area contributed by atoms with Crippen molar-refractivity contribution in [2.45, 2.75) is 4.90 Å². The molecule has 0 aliphatic rings. The van der Waals surface area contributed by atoms with Gasteiger partial charge in [-0.25, -0.2) is 0 Å². The van der Waals surface area contributed by atoms with Gasteiger partial charge in [-0.15, -0.1) is 3.89 Å². The van der Waals surface area contributed by atoms with Crippen molar-refractivity contribution in [3.05, 3.63) is 30.3 Å². The molecule has 10 heavy (non-hydrogen) atoms. The molecule has 1 atom stereocenters. The molecule has 1 rings (SSSR count). The molecule has 0 radical (unpaired) electrons. The summed E-state index contributed by atoms with van der Waals surface area (Å²) < 4.78 is 25.7. The quantitative estimate of drug-likeness (QED) is 0.600. The third-order valence-corrected chi connectivity index (χ3v) is 1.78. The highest BCUT2D eigenvalue weighted by Crippen LogP contribution is 2.08. The largest absolute Gasteiger partial charge is 0.146 e. The van der Waals surface area contributed by atoms with Crippen molar-refractivity contribution in [3.63, 3.8) is 0 Å². The maximum absolute atomic E-state index is 12.4. The van der Waals surface area contributed by atoms with Crippen molar-refractivity contribution >= 4 is 11.1 Å². The second kappa shape index (κ2) is 3.41. The summed E-state index contributed by atoms with van der Waals surface area (Å²) >= 11 is -2.08.